The lowest BCUT2D eigenvalue weighted by atomic mass is 10.2. The van der Waals surface area contributed by atoms with Crippen LogP contribution in [0.5, 0.6) is 0 Å². The van der Waals surface area contributed by atoms with Crippen LogP contribution in [0.2, 0.25) is 15.1 Å². The zero-order valence-corrected chi connectivity index (χ0v) is 19.1. The Labute approximate surface area is 180 Å². The van der Waals surface area contributed by atoms with E-state index < -0.39 is 13.5 Å². The van der Waals surface area contributed by atoms with Crippen molar-refractivity contribution < 1.29 is 18.4 Å². The van der Waals surface area contributed by atoms with E-state index >= 15 is 0 Å². The average molecular weight is 516 g/mol. The van der Waals surface area contributed by atoms with Gasteiger partial charge in [0.1, 0.15) is 0 Å². The van der Waals surface area contributed by atoms with E-state index in [0.717, 1.165) is 0 Å². The molecule has 27 heavy (non-hydrogen) atoms. The second kappa shape index (κ2) is 9.75. The molecule has 0 spiro atoms. The van der Waals surface area contributed by atoms with Crippen molar-refractivity contribution in [1.82, 2.24) is 0 Å². The Morgan fingerprint density at radius 3 is 2.15 bits per heavy atom. The van der Waals surface area contributed by atoms with Crippen LogP contribution in [0.25, 0.3) is 0 Å². The van der Waals surface area contributed by atoms with Gasteiger partial charge < -0.3 is 14.4 Å². The number of carbonyl (C=O) groups is 1. The van der Waals surface area contributed by atoms with E-state index in [1.807, 2.05) is 0 Å². The third-order valence-electron chi connectivity index (χ3n) is 3.34. The Balaban J connectivity index is 2.48. The zero-order valence-electron chi connectivity index (χ0n) is 14.4. The molecule has 0 aliphatic heterocycles. The minimum Gasteiger partial charge on any atom is -0.321 e. The van der Waals surface area contributed by atoms with Gasteiger partial charge in [0.15, 0.2) is 0 Å². The van der Waals surface area contributed by atoms with Crippen LogP contribution in [0.15, 0.2) is 34.8 Å². The molecule has 5 nitrogen and oxygen atoms in total. The first-order chi connectivity index (χ1) is 12.7. The van der Waals surface area contributed by atoms with Crippen LogP contribution >= 0.6 is 58.3 Å². The minimum atomic E-state index is -3.65. The monoisotopic (exact) mass is 513 g/mol. The van der Waals surface area contributed by atoms with Gasteiger partial charge in [0, 0.05) is 9.50 Å². The van der Waals surface area contributed by atoms with Gasteiger partial charge in [-0.1, -0.05) is 50.7 Å². The Kier molecular flexibility index (Phi) is 8.19. The van der Waals surface area contributed by atoms with Crippen LogP contribution in [0.4, 0.5) is 5.69 Å². The van der Waals surface area contributed by atoms with Crippen LogP contribution in [0.3, 0.4) is 0 Å². The van der Waals surface area contributed by atoms with Crippen molar-refractivity contribution in [1.29, 1.82) is 0 Å². The SMILES string of the molecule is CCOP(=O)(OCC)c1cc(Br)ccc1NC(=O)c1c(Cl)cc(Cl)cc1Cl. The molecule has 10 heteroatoms. The van der Waals surface area contributed by atoms with Crippen molar-refractivity contribution in [3.05, 3.63) is 55.4 Å². The normalized spacial score (nSPS) is 11.5. The highest BCUT2D eigenvalue weighted by Gasteiger charge is 2.31. The Morgan fingerprint density at radius 1 is 1.07 bits per heavy atom. The van der Waals surface area contributed by atoms with Gasteiger partial charge >= 0.3 is 7.60 Å². The molecule has 2 rings (SSSR count). The summed E-state index contributed by atoms with van der Waals surface area (Å²) in [5.41, 5.74) is 0.315. The summed E-state index contributed by atoms with van der Waals surface area (Å²) in [6.45, 7) is 3.75. The third kappa shape index (κ3) is 5.48. The van der Waals surface area contributed by atoms with Crippen LogP contribution < -0.4 is 10.6 Å². The molecule has 0 aromatic heterocycles. The minimum absolute atomic E-state index is 0.0549. The molecule has 146 valence electrons. The number of hydrogen-bond acceptors (Lipinski definition) is 4. The molecule has 2 aromatic rings. The molecule has 0 radical (unpaired) electrons. The predicted octanol–water partition coefficient (Wildman–Crippen LogP) is 6.55. The van der Waals surface area contributed by atoms with Crippen molar-refractivity contribution in [2.24, 2.45) is 0 Å². The van der Waals surface area contributed by atoms with Gasteiger partial charge in [-0.3, -0.25) is 9.36 Å². The lowest BCUT2D eigenvalue weighted by Gasteiger charge is -2.21. The number of nitrogens with one attached hydrogen (secondary N) is 1. The first-order valence-electron chi connectivity index (χ1n) is 7.87. The first-order valence-corrected chi connectivity index (χ1v) is 11.3. The maximum Gasteiger partial charge on any atom is 0.363 e. The van der Waals surface area contributed by atoms with E-state index in [0.29, 0.717) is 9.50 Å². The smallest absolute Gasteiger partial charge is 0.321 e. The van der Waals surface area contributed by atoms with Crippen molar-refractivity contribution in [3.8, 4) is 0 Å². The van der Waals surface area contributed by atoms with E-state index in [2.05, 4.69) is 21.2 Å². The number of benzene rings is 2. The van der Waals surface area contributed by atoms with Gasteiger partial charge in [0.2, 0.25) is 0 Å². The molecule has 0 atom stereocenters. The van der Waals surface area contributed by atoms with E-state index in [1.165, 1.54) is 12.1 Å². The van der Waals surface area contributed by atoms with E-state index in [1.54, 1.807) is 32.0 Å². The summed E-state index contributed by atoms with van der Waals surface area (Å²) >= 11 is 21.4. The molecule has 0 fully saturated rings. The maximum atomic E-state index is 13.2. The van der Waals surface area contributed by atoms with Crippen LogP contribution in [0.1, 0.15) is 24.2 Å². The van der Waals surface area contributed by atoms with Gasteiger partial charge in [-0.25, -0.2) is 0 Å². The lowest BCUT2D eigenvalue weighted by molar-refractivity contribution is 0.102. The lowest BCUT2D eigenvalue weighted by Crippen LogP contribution is -2.21. The molecule has 0 aliphatic carbocycles. The van der Waals surface area contributed by atoms with E-state index in [9.17, 15) is 9.36 Å². The van der Waals surface area contributed by atoms with Gasteiger partial charge in [0.05, 0.1) is 39.8 Å². The Morgan fingerprint density at radius 2 is 1.63 bits per heavy atom. The fraction of sp³-hybridized carbons (Fsp3) is 0.235. The van der Waals surface area contributed by atoms with E-state index in [-0.39, 0.29) is 39.8 Å². The van der Waals surface area contributed by atoms with Crippen molar-refractivity contribution in [2.45, 2.75) is 13.8 Å². The number of rotatable bonds is 7. The number of hydrogen-bond donors (Lipinski definition) is 1. The Hall–Kier alpha value is -0.590. The molecular formula is C17H16BrCl3NO4P. The van der Waals surface area contributed by atoms with Crippen LogP contribution in [0, 0.1) is 0 Å². The van der Waals surface area contributed by atoms with Crippen LogP contribution in [-0.2, 0) is 13.6 Å². The van der Waals surface area contributed by atoms with E-state index in [4.69, 9.17) is 43.9 Å². The summed E-state index contributed by atoms with van der Waals surface area (Å²) in [4.78, 5) is 12.7. The summed E-state index contributed by atoms with van der Waals surface area (Å²) in [5.74, 6) is -0.579. The summed E-state index contributed by atoms with van der Waals surface area (Å²) < 4.78 is 24.6. The standard InChI is InChI=1S/C17H16BrCl3NO4P/c1-3-25-27(24,26-4-2)15-7-10(18)5-6-14(15)22-17(23)16-12(20)8-11(19)9-13(16)21/h5-9H,3-4H2,1-2H3,(H,22,23). The quantitative estimate of drug-likeness (QED) is 0.425. The molecule has 0 saturated heterocycles. The second-order valence-electron chi connectivity index (χ2n) is 5.19. The molecule has 0 unspecified atom stereocenters. The van der Waals surface area contributed by atoms with Crippen LogP contribution in [-0.4, -0.2) is 19.1 Å². The summed E-state index contributed by atoms with van der Waals surface area (Å²) in [7, 11) is -3.65. The highest BCUT2D eigenvalue weighted by atomic mass is 79.9. The number of halogens is 4. The summed E-state index contributed by atoms with van der Waals surface area (Å²) in [6, 6.07) is 7.67. The summed E-state index contributed by atoms with van der Waals surface area (Å²) in [6.07, 6.45) is 0. The highest BCUT2D eigenvalue weighted by Crippen LogP contribution is 2.49. The molecule has 0 heterocycles. The largest absolute Gasteiger partial charge is 0.363 e. The molecular weight excluding hydrogens is 499 g/mol. The zero-order chi connectivity index (χ0) is 20.2. The van der Waals surface area contributed by atoms with Crippen molar-refractivity contribution >= 4 is 75.2 Å². The van der Waals surface area contributed by atoms with Gasteiger partial charge in [-0.05, 0) is 44.2 Å². The fourth-order valence-corrected chi connectivity index (χ4v) is 5.58. The number of carbonyl (C=O) groups excluding carboxylic acids is 1. The second-order valence-corrected chi connectivity index (χ2v) is 9.35. The number of anilines is 1. The molecule has 1 N–H and O–H groups in total. The van der Waals surface area contributed by atoms with Gasteiger partial charge in [-0.15, -0.1) is 0 Å². The topological polar surface area (TPSA) is 64.6 Å². The third-order valence-corrected chi connectivity index (χ3v) is 6.80. The molecule has 2 aromatic carbocycles. The van der Waals surface area contributed by atoms with Gasteiger partial charge in [-0.2, -0.15) is 0 Å². The summed E-state index contributed by atoms with van der Waals surface area (Å²) in [5, 5.41) is 3.40. The molecule has 1 amide bonds. The first kappa shape index (κ1) is 22.7. The molecule has 0 saturated carbocycles. The van der Waals surface area contributed by atoms with Crippen molar-refractivity contribution in [2.75, 3.05) is 18.5 Å². The fourth-order valence-electron chi connectivity index (χ4n) is 2.30. The highest BCUT2D eigenvalue weighted by molar-refractivity contribution is 9.10. The molecule has 0 aliphatic rings. The number of amides is 1. The van der Waals surface area contributed by atoms with Gasteiger partial charge in [0.25, 0.3) is 5.91 Å². The predicted molar refractivity (Wildman–Crippen MR) is 114 cm³/mol. The molecule has 0 bridgehead atoms. The van der Waals surface area contributed by atoms with Crippen molar-refractivity contribution in [3.63, 3.8) is 0 Å². The maximum absolute atomic E-state index is 13.2. The average Bonchev–Trinajstić information content (AvgIpc) is 2.56. The Bertz CT molecular complexity index is 877.